The average Bonchev–Trinajstić information content (AvgIpc) is 2.74. The molecule has 1 N–H and O–H groups in total. The van der Waals surface area contributed by atoms with Crippen molar-refractivity contribution in [1.82, 2.24) is 5.32 Å². The van der Waals surface area contributed by atoms with Gasteiger partial charge in [-0.2, -0.15) is 0 Å². The van der Waals surface area contributed by atoms with Crippen molar-refractivity contribution in [1.29, 1.82) is 0 Å². The summed E-state index contributed by atoms with van der Waals surface area (Å²) >= 11 is 0. The molecule has 1 rings (SSSR count). The van der Waals surface area contributed by atoms with Gasteiger partial charge in [-0.1, -0.05) is 27.2 Å². The van der Waals surface area contributed by atoms with Crippen LogP contribution in [0.25, 0.3) is 0 Å². The van der Waals surface area contributed by atoms with Crippen LogP contribution in [0.3, 0.4) is 0 Å². The number of nitrogens with one attached hydrogen (secondary N) is 1. The molecule has 3 heteroatoms. The Kier molecular flexibility index (Phi) is 7.06. The summed E-state index contributed by atoms with van der Waals surface area (Å²) < 4.78 is 11.2. The number of ether oxygens (including phenoxy) is 1. The molecular formula is C15H27NO2. The Balaban J connectivity index is 2.25. The Bertz CT molecular complexity index is 320. The lowest BCUT2D eigenvalue weighted by atomic mass is 10.2. The second-order valence-electron chi connectivity index (χ2n) is 5.36. The van der Waals surface area contributed by atoms with E-state index in [1.807, 2.05) is 6.26 Å². The molecule has 1 unspecified atom stereocenters. The monoisotopic (exact) mass is 253 g/mol. The van der Waals surface area contributed by atoms with Crippen LogP contribution in [0.2, 0.25) is 0 Å². The molecule has 3 nitrogen and oxygen atoms in total. The molecule has 1 heterocycles. The molecule has 0 aliphatic heterocycles. The topological polar surface area (TPSA) is 34.4 Å². The first-order valence-electron chi connectivity index (χ1n) is 7.00. The van der Waals surface area contributed by atoms with Gasteiger partial charge in [-0.15, -0.1) is 0 Å². The highest BCUT2D eigenvalue weighted by atomic mass is 16.5. The minimum absolute atomic E-state index is 0.308. The van der Waals surface area contributed by atoms with Crippen LogP contribution in [0, 0.1) is 5.92 Å². The molecule has 1 aromatic heterocycles. The summed E-state index contributed by atoms with van der Waals surface area (Å²) in [5, 5.41) is 3.40. The van der Waals surface area contributed by atoms with Gasteiger partial charge >= 0.3 is 0 Å². The molecule has 18 heavy (non-hydrogen) atoms. The Labute approximate surface area is 111 Å². The van der Waals surface area contributed by atoms with Crippen LogP contribution in [0.15, 0.2) is 16.7 Å². The zero-order valence-electron chi connectivity index (χ0n) is 12.2. The minimum Gasteiger partial charge on any atom is -0.467 e. The van der Waals surface area contributed by atoms with Crippen molar-refractivity contribution in [2.24, 2.45) is 5.92 Å². The van der Waals surface area contributed by atoms with Crippen molar-refractivity contribution in [3.8, 4) is 0 Å². The first-order valence-corrected chi connectivity index (χ1v) is 7.00. The van der Waals surface area contributed by atoms with Crippen molar-refractivity contribution in [2.75, 3.05) is 6.54 Å². The van der Waals surface area contributed by atoms with Gasteiger partial charge in [-0.3, -0.25) is 0 Å². The molecule has 1 atom stereocenters. The maximum atomic E-state index is 5.71. The van der Waals surface area contributed by atoms with Gasteiger partial charge in [0.15, 0.2) is 0 Å². The minimum atomic E-state index is 0.308. The van der Waals surface area contributed by atoms with E-state index in [1.54, 1.807) is 0 Å². The molecule has 0 fully saturated rings. The first-order chi connectivity index (χ1) is 8.61. The van der Waals surface area contributed by atoms with E-state index >= 15 is 0 Å². The predicted molar refractivity (Wildman–Crippen MR) is 74.4 cm³/mol. The fourth-order valence-corrected chi connectivity index (χ4v) is 1.81. The molecule has 0 saturated carbocycles. The summed E-state index contributed by atoms with van der Waals surface area (Å²) in [6, 6.07) is 2.08. The van der Waals surface area contributed by atoms with E-state index in [2.05, 4.69) is 39.1 Å². The Morgan fingerprint density at radius 1 is 1.33 bits per heavy atom. The second kappa shape index (κ2) is 8.33. The molecule has 0 saturated heterocycles. The summed E-state index contributed by atoms with van der Waals surface area (Å²) in [6.07, 6.45) is 4.38. The number of furan rings is 1. The van der Waals surface area contributed by atoms with E-state index in [0.717, 1.165) is 31.7 Å². The third-order valence-corrected chi connectivity index (χ3v) is 2.80. The summed E-state index contributed by atoms with van der Waals surface area (Å²) in [5.74, 6) is 1.59. The van der Waals surface area contributed by atoms with Gasteiger partial charge in [-0.25, -0.2) is 0 Å². The molecule has 0 aliphatic rings. The molecule has 1 aromatic rings. The molecule has 104 valence electrons. The van der Waals surface area contributed by atoms with E-state index in [0.29, 0.717) is 18.6 Å². The van der Waals surface area contributed by atoms with Crippen LogP contribution < -0.4 is 5.32 Å². The number of hydrogen-bond donors (Lipinski definition) is 1. The highest BCUT2D eigenvalue weighted by molar-refractivity contribution is 5.12. The lowest BCUT2D eigenvalue weighted by molar-refractivity contribution is 0.0372. The van der Waals surface area contributed by atoms with Crippen LogP contribution in [0.5, 0.6) is 0 Å². The van der Waals surface area contributed by atoms with Crippen LogP contribution in [0.4, 0.5) is 0 Å². The summed E-state index contributed by atoms with van der Waals surface area (Å²) in [7, 11) is 0. The van der Waals surface area contributed by atoms with E-state index in [-0.39, 0.29) is 0 Å². The van der Waals surface area contributed by atoms with Gasteiger partial charge < -0.3 is 14.5 Å². The van der Waals surface area contributed by atoms with E-state index in [4.69, 9.17) is 9.15 Å². The maximum absolute atomic E-state index is 5.71. The summed E-state index contributed by atoms with van der Waals surface area (Å²) in [6.45, 7) is 11.2. The van der Waals surface area contributed by atoms with Crippen molar-refractivity contribution < 1.29 is 9.15 Å². The Hall–Kier alpha value is -0.800. The maximum Gasteiger partial charge on any atom is 0.129 e. The first kappa shape index (κ1) is 15.3. The SMILES string of the molecule is CCCC(C)OCc1cc(CNCC(C)C)co1. The van der Waals surface area contributed by atoms with Crippen molar-refractivity contribution >= 4 is 0 Å². The van der Waals surface area contributed by atoms with Gasteiger partial charge in [0, 0.05) is 12.1 Å². The number of hydrogen-bond acceptors (Lipinski definition) is 3. The third-order valence-electron chi connectivity index (χ3n) is 2.80. The van der Waals surface area contributed by atoms with E-state index < -0.39 is 0 Å². The van der Waals surface area contributed by atoms with E-state index in [1.165, 1.54) is 5.56 Å². The predicted octanol–water partition coefficient (Wildman–Crippen LogP) is 3.73. The Morgan fingerprint density at radius 2 is 2.11 bits per heavy atom. The van der Waals surface area contributed by atoms with Crippen LogP contribution in [-0.4, -0.2) is 12.6 Å². The van der Waals surface area contributed by atoms with Crippen molar-refractivity contribution in [3.05, 3.63) is 23.7 Å². The zero-order chi connectivity index (χ0) is 13.4. The van der Waals surface area contributed by atoms with Gasteiger partial charge in [0.1, 0.15) is 12.4 Å². The molecule has 0 radical (unpaired) electrons. The standard InChI is InChI=1S/C15H27NO2/c1-5-6-13(4)17-11-15-7-14(10-18-15)9-16-8-12(2)3/h7,10,12-13,16H,5-6,8-9,11H2,1-4H3. The molecule has 0 bridgehead atoms. The van der Waals surface area contributed by atoms with Crippen molar-refractivity contribution in [2.45, 2.75) is 59.8 Å². The Morgan fingerprint density at radius 3 is 2.78 bits per heavy atom. The molecule has 0 spiro atoms. The summed E-state index contributed by atoms with van der Waals surface area (Å²) in [5.41, 5.74) is 1.19. The molecule has 0 aliphatic carbocycles. The normalized spacial score (nSPS) is 13.2. The smallest absolute Gasteiger partial charge is 0.129 e. The third kappa shape index (κ3) is 6.22. The quantitative estimate of drug-likeness (QED) is 0.728. The highest BCUT2D eigenvalue weighted by Gasteiger charge is 2.05. The second-order valence-corrected chi connectivity index (χ2v) is 5.36. The fourth-order valence-electron chi connectivity index (χ4n) is 1.81. The van der Waals surface area contributed by atoms with Gasteiger partial charge in [0.05, 0.1) is 12.4 Å². The van der Waals surface area contributed by atoms with Gasteiger partial charge in [0.25, 0.3) is 0 Å². The number of rotatable bonds is 9. The van der Waals surface area contributed by atoms with Gasteiger partial charge in [0.2, 0.25) is 0 Å². The van der Waals surface area contributed by atoms with Crippen LogP contribution in [-0.2, 0) is 17.9 Å². The molecular weight excluding hydrogens is 226 g/mol. The van der Waals surface area contributed by atoms with Crippen LogP contribution >= 0.6 is 0 Å². The highest BCUT2D eigenvalue weighted by Crippen LogP contribution is 2.11. The zero-order valence-corrected chi connectivity index (χ0v) is 12.2. The van der Waals surface area contributed by atoms with Crippen molar-refractivity contribution in [3.63, 3.8) is 0 Å². The van der Waals surface area contributed by atoms with Gasteiger partial charge in [-0.05, 0) is 31.9 Å². The average molecular weight is 253 g/mol. The lowest BCUT2D eigenvalue weighted by Crippen LogP contribution is -2.18. The summed E-state index contributed by atoms with van der Waals surface area (Å²) in [4.78, 5) is 0. The van der Waals surface area contributed by atoms with Crippen LogP contribution in [0.1, 0.15) is 51.9 Å². The van der Waals surface area contributed by atoms with E-state index in [9.17, 15) is 0 Å². The fraction of sp³-hybridized carbons (Fsp3) is 0.733. The molecule has 0 aromatic carbocycles. The molecule has 0 amide bonds. The lowest BCUT2D eigenvalue weighted by Gasteiger charge is -2.09. The largest absolute Gasteiger partial charge is 0.467 e.